The molecule has 6 heteroatoms. The number of carboxylic acids is 1. The van der Waals surface area contributed by atoms with Gasteiger partial charge in [0.2, 0.25) is 5.91 Å². The molecule has 1 aliphatic rings. The van der Waals surface area contributed by atoms with Gasteiger partial charge in [0.25, 0.3) is 0 Å². The Balaban J connectivity index is 1.71. The van der Waals surface area contributed by atoms with Crippen LogP contribution in [0.3, 0.4) is 0 Å². The van der Waals surface area contributed by atoms with E-state index in [0.717, 1.165) is 37.1 Å². The van der Waals surface area contributed by atoms with Crippen molar-refractivity contribution in [1.82, 2.24) is 9.80 Å². The standard InChI is InChI=1S/C20H30N2O4/c1-16-7-3-4-9-18(16)26-14-6-10-19(23)22-12-5-8-17(11-13-22)21(2)15-20(24)25/h3-4,7,9,17H,5-6,8,10-15H2,1-2H3,(H,24,25). The van der Waals surface area contributed by atoms with Crippen molar-refractivity contribution >= 4 is 11.9 Å². The molecule has 0 aromatic heterocycles. The topological polar surface area (TPSA) is 70.1 Å². The van der Waals surface area contributed by atoms with Gasteiger partial charge in [-0.05, 0) is 51.3 Å². The van der Waals surface area contributed by atoms with E-state index in [-0.39, 0.29) is 18.5 Å². The van der Waals surface area contributed by atoms with Crippen LogP contribution < -0.4 is 4.74 Å². The number of aliphatic carboxylic acids is 1. The summed E-state index contributed by atoms with van der Waals surface area (Å²) in [6, 6.07) is 8.11. The number of aryl methyl sites for hydroxylation is 1. The maximum atomic E-state index is 12.4. The first-order chi connectivity index (χ1) is 12.5. The molecule has 26 heavy (non-hydrogen) atoms. The summed E-state index contributed by atoms with van der Waals surface area (Å²) in [5.41, 5.74) is 1.10. The highest BCUT2D eigenvalue weighted by Gasteiger charge is 2.23. The van der Waals surface area contributed by atoms with E-state index in [1.165, 1.54) is 0 Å². The lowest BCUT2D eigenvalue weighted by atomic mass is 10.1. The number of para-hydroxylation sites is 1. The quantitative estimate of drug-likeness (QED) is 0.720. The van der Waals surface area contributed by atoms with E-state index in [0.29, 0.717) is 26.0 Å². The van der Waals surface area contributed by atoms with Crippen LogP contribution in [0.1, 0.15) is 37.7 Å². The smallest absolute Gasteiger partial charge is 0.317 e. The van der Waals surface area contributed by atoms with Gasteiger partial charge in [0.05, 0.1) is 13.2 Å². The predicted molar refractivity (Wildman–Crippen MR) is 100 cm³/mol. The summed E-state index contributed by atoms with van der Waals surface area (Å²) in [5.74, 6) is 0.234. The molecule has 0 aliphatic carbocycles. The Morgan fingerprint density at radius 3 is 2.77 bits per heavy atom. The van der Waals surface area contributed by atoms with E-state index in [9.17, 15) is 9.59 Å². The first kappa shape index (κ1) is 20.2. The number of amides is 1. The second-order valence-electron chi connectivity index (χ2n) is 6.99. The molecule has 1 atom stereocenters. The fourth-order valence-corrected chi connectivity index (χ4v) is 3.39. The maximum Gasteiger partial charge on any atom is 0.317 e. The van der Waals surface area contributed by atoms with Crippen molar-refractivity contribution in [2.24, 2.45) is 0 Å². The molecule has 2 rings (SSSR count). The van der Waals surface area contributed by atoms with E-state index in [1.54, 1.807) is 0 Å². The number of nitrogens with zero attached hydrogens (tertiary/aromatic N) is 2. The van der Waals surface area contributed by atoms with E-state index >= 15 is 0 Å². The Hall–Kier alpha value is -2.08. The van der Waals surface area contributed by atoms with Crippen molar-refractivity contribution in [2.75, 3.05) is 33.3 Å². The maximum absolute atomic E-state index is 12.4. The first-order valence-electron chi connectivity index (χ1n) is 9.35. The molecule has 1 N–H and O–H groups in total. The molecular formula is C20H30N2O4. The SMILES string of the molecule is Cc1ccccc1OCCCC(=O)N1CCCC(N(C)CC(=O)O)CC1. The number of ether oxygens (including phenoxy) is 1. The zero-order valence-electron chi connectivity index (χ0n) is 15.8. The number of carboxylic acid groups (broad SMARTS) is 1. The summed E-state index contributed by atoms with van der Waals surface area (Å²) in [6.45, 7) is 4.06. The minimum Gasteiger partial charge on any atom is -0.493 e. The Labute approximate surface area is 155 Å². The molecule has 1 saturated heterocycles. The number of likely N-dealkylation sites (tertiary alicyclic amines) is 1. The molecule has 144 valence electrons. The van der Waals surface area contributed by atoms with E-state index in [4.69, 9.17) is 9.84 Å². The minimum atomic E-state index is -0.807. The van der Waals surface area contributed by atoms with Crippen LogP contribution in [0.2, 0.25) is 0 Å². The zero-order valence-corrected chi connectivity index (χ0v) is 15.8. The van der Waals surface area contributed by atoms with Gasteiger partial charge in [-0.2, -0.15) is 0 Å². The highest BCUT2D eigenvalue weighted by molar-refractivity contribution is 5.76. The molecular weight excluding hydrogens is 332 g/mol. The third-order valence-corrected chi connectivity index (χ3v) is 4.94. The number of carbonyl (C=O) groups excluding carboxylic acids is 1. The number of rotatable bonds is 8. The van der Waals surface area contributed by atoms with Gasteiger partial charge in [-0.1, -0.05) is 18.2 Å². The van der Waals surface area contributed by atoms with Gasteiger partial charge in [-0.25, -0.2) is 0 Å². The van der Waals surface area contributed by atoms with Crippen molar-refractivity contribution in [1.29, 1.82) is 0 Å². The van der Waals surface area contributed by atoms with E-state index in [2.05, 4.69) is 0 Å². The highest BCUT2D eigenvalue weighted by atomic mass is 16.5. The molecule has 1 aliphatic heterocycles. The van der Waals surface area contributed by atoms with Crippen molar-refractivity contribution < 1.29 is 19.4 Å². The van der Waals surface area contributed by atoms with Crippen LogP contribution in [0.5, 0.6) is 5.75 Å². The molecule has 1 aromatic carbocycles. The summed E-state index contributed by atoms with van der Waals surface area (Å²) in [5, 5.41) is 8.93. The van der Waals surface area contributed by atoms with Gasteiger partial charge in [0.1, 0.15) is 5.75 Å². The lowest BCUT2D eigenvalue weighted by molar-refractivity contribution is -0.138. The van der Waals surface area contributed by atoms with E-state index in [1.807, 2.05) is 48.0 Å². The number of carbonyl (C=O) groups is 2. The average Bonchev–Trinajstić information content (AvgIpc) is 2.85. The monoisotopic (exact) mass is 362 g/mol. The van der Waals surface area contributed by atoms with Gasteiger partial charge in [0.15, 0.2) is 0 Å². The molecule has 6 nitrogen and oxygen atoms in total. The predicted octanol–water partition coefficient (Wildman–Crippen LogP) is 2.55. The van der Waals surface area contributed by atoms with Gasteiger partial charge < -0.3 is 14.7 Å². The summed E-state index contributed by atoms with van der Waals surface area (Å²) >= 11 is 0. The molecule has 1 aromatic rings. The summed E-state index contributed by atoms with van der Waals surface area (Å²) < 4.78 is 5.75. The van der Waals surface area contributed by atoms with Crippen LogP contribution >= 0.6 is 0 Å². The Bertz CT molecular complexity index is 605. The van der Waals surface area contributed by atoms with Crippen LogP contribution in [0.15, 0.2) is 24.3 Å². The van der Waals surface area contributed by atoms with Crippen LogP contribution in [0.25, 0.3) is 0 Å². The molecule has 1 amide bonds. The fraction of sp³-hybridized carbons (Fsp3) is 0.600. The first-order valence-corrected chi connectivity index (χ1v) is 9.35. The van der Waals surface area contributed by atoms with Gasteiger partial charge in [-0.3, -0.25) is 14.5 Å². The molecule has 0 spiro atoms. The average molecular weight is 362 g/mol. The van der Waals surface area contributed by atoms with Gasteiger partial charge >= 0.3 is 5.97 Å². The number of benzene rings is 1. The minimum absolute atomic E-state index is 0.0505. The normalized spacial score (nSPS) is 17.8. The van der Waals surface area contributed by atoms with Crippen molar-refractivity contribution in [3.05, 3.63) is 29.8 Å². The van der Waals surface area contributed by atoms with Crippen LogP contribution in [0, 0.1) is 6.92 Å². The molecule has 0 bridgehead atoms. The molecule has 0 saturated carbocycles. The second kappa shape index (κ2) is 10.2. The van der Waals surface area contributed by atoms with Crippen LogP contribution in [0.4, 0.5) is 0 Å². The summed E-state index contributed by atoms with van der Waals surface area (Å²) in [6.07, 6.45) is 3.87. The van der Waals surface area contributed by atoms with Crippen molar-refractivity contribution in [2.45, 2.75) is 45.1 Å². The fourth-order valence-electron chi connectivity index (χ4n) is 3.39. The molecule has 1 fully saturated rings. The second-order valence-corrected chi connectivity index (χ2v) is 6.99. The number of hydrogen-bond acceptors (Lipinski definition) is 4. The summed E-state index contributed by atoms with van der Waals surface area (Å²) in [4.78, 5) is 27.1. The number of hydrogen-bond donors (Lipinski definition) is 1. The molecule has 1 heterocycles. The third kappa shape index (κ3) is 6.33. The Morgan fingerprint density at radius 2 is 2.04 bits per heavy atom. The lowest BCUT2D eigenvalue weighted by Crippen LogP contribution is -2.37. The van der Waals surface area contributed by atoms with Gasteiger partial charge in [0, 0.05) is 25.6 Å². The Kier molecular flexibility index (Phi) is 7.91. The highest BCUT2D eigenvalue weighted by Crippen LogP contribution is 2.18. The largest absolute Gasteiger partial charge is 0.493 e. The Morgan fingerprint density at radius 1 is 1.27 bits per heavy atom. The molecule has 0 radical (unpaired) electrons. The van der Waals surface area contributed by atoms with Gasteiger partial charge in [-0.15, -0.1) is 0 Å². The van der Waals surface area contributed by atoms with Crippen LogP contribution in [-0.2, 0) is 9.59 Å². The van der Waals surface area contributed by atoms with E-state index < -0.39 is 5.97 Å². The lowest BCUT2D eigenvalue weighted by Gasteiger charge is -2.25. The number of likely N-dealkylation sites (N-methyl/N-ethyl adjacent to an activating group) is 1. The zero-order chi connectivity index (χ0) is 18.9. The summed E-state index contributed by atoms with van der Waals surface area (Å²) in [7, 11) is 1.85. The van der Waals surface area contributed by atoms with Crippen LogP contribution in [-0.4, -0.2) is 66.1 Å². The third-order valence-electron chi connectivity index (χ3n) is 4.94. The van der Waals surface area contributed by atoms with Crippen molar-refractivity contribution in [3.63, 3.8) is 0 Å². The molecule has 1 unspecified atom stereocenters. The van der Waals surface area contributed by atoms with Crippen molar-refractivity contribution in [3.8, 4) is 5.75 Å².